The molecule has 0 atom stereocenters. The topological polar surface area (TPSA) is 97.5 Å². The lowest BCUT2D eigenvalue weighted by Crippen LogP contribution is -2.42. The standard InChI is InChI=1S/C13H20N2O4S2/c1-2-15(12-5-3-11(14)4-6-12)21(18,19)13-7-9-20(16,17)10-8-13/h3-6,13H,2,7-10,14H2,1H3. The zero-order chi connectivity index (χ0) is 15.7. The molecular weight excluding hydrogens is 312 g/mol. The molecule has 0 spiro atoms. The van der Waals surface area contributed by atoms with Gasteiger partial charge in [0.25, 0.3) is 0 Å². The van der Waals surface area contributed by atoms with Gasteiger partial charge >= 0.3 is 0 Å². The highest BCUT2D eigenvalue weighted by Gasteiger charge is 2.36. The van der Waals surface area contributed by atoms with Gasteiger partial charge in [-0.2, -0.15) is 0 Å². The van der Waals surface area contributed by atoms with E-state index in [9.17, 15) is 16.8 Å². The molecule has 6 nitrogen and oxygen atoms in total. The molecule has 0 aromatic heterocycles. The van der Waals surface area contributed by atoms with Crippen molar-refractivity contribution in [1.29, 1.82) is 0 Å². The van der Waals surface area contributed by atoms with E-state index in [1.54, 1.807) is 31.2 Å². The van der Waals surface area contributed by atoms with Crippen LogP contribution in [-0.4, -0.2) is 40.1 Å². The third kappa shape index (κ3) is 3.49. The van der Waals surface area contributed by atoms with Crippen LogP contribution in [0.25, 0.3) is 0 Å². The summed E-state index contributed by atoms with van der Waals surface area (Å²) in [5, 5.41) is -0.640. The molecule has 0 bridgehead atoms. The maximum absolute atomic E-state index is 12.7. The molecule has 0 radical (unpaired) electrons. The molecule has 1 aromatic carbocycles. The van der Waals surface area contributed by atoms with Crippen LogP contribution in [0, 0.1) is 0 Å². The average Bonchev–Trinajstić information content (AvgIpc) is 2.41. The Morgan fingerprint density at radius 2 is 1.71 bits per heavy atom. The maximum Gasteiger partial charge on any atom is 0.238 e. The average molecular weight is 332 g/mol. The second kappa shape index (κ2) is 5.84. The van der Waals surface area contributed by atoms with Crippen LogP contribution in [0.3, 0.4) is 0 Å². The molecule has 1 aromatic rings. The minimum absolute atomic E-state index is 0.0593. The summed E-state index contributed by atoms with van der Waals surface area (Å²) < 4.78 is 49.6. The molecule has 1 saturated heterocycles. The smallest absolute Gasteiger partial charge is 0.238 e. The number of sulfonamides is 1. The first-order chi connectivity index (χ1) is 9.76. The van der Waals surface area contributed by atoms with Crippen LogP contribution < -0.4 is 10.0 Å². The lowest BCUT2D eigenvalue weighted by Gasteiger charge is -2.30. The number of hydrogen-bond acceptors (Lipinski definition) is 5. The Hall–Kier alpha value is -1.28. The van der Waals surface area contributed by atoms with Gasteiger partial charge in [-0.15, -0.1) is 0 Å². The molecule has 0 unspecified atom stereocenters. The molecule has 1 fully saturated rings. The van der Waals surface area contributed by atoms with E-state index in [0.717, 1.165) is 0 Å². The first kappa shape index (κ1) is 16.1. The quantitative estimate of drug-likeness (QED) is 0.830. The molecule has 0 aliphatic carbocycles. The van der Waals surface area contributed by atoms with Gasteiger partial charge in [-0.3, -0.25) is 4.31 Å². The summed E-state index contributed by atoms with van der Waals surface area (Å²) in [4.78, 5) is 0. The summed E-state index contributed by atoms with van der Waals surface area (Å²) in [5.74, 6) is -0.119. The van der Waals surface area contributed by atoms with Crippen LogP contribution in [0.5, 0.6) is 0 Å². The van der Waals surface area contributed by atoms with E-state index in [4.69, 9.17) is 5.73 Å². The Labute approximate surface area is 125 Å². The third-order valence-electron chi connectivity index (χ3n) is 3.70. The van der Waals surface area contributed by atoms with Crippen LogP contribution >= 0.6 is 0 Å². The minimum Gasteiger partial charge on any atom is -0.399 e. The molecule has 1 heterocycles. The summed E-state index contributed by atoms with van der Waals surface area (Å²) in [7, 11) is -6.64. The number of anilines is 2. The molecular formula is C13H20N2O4S2. The second-order valence-corrected chi connectivity index (χ2v) is 9.59. The van der Waals surface area contributed by atoms with Gasteiger partial charge in [0.2, 0.25) is 10.0 Å². The van der Waals surface area contributed by atoms with Crippen molar-refractivity contribution in [3.63, 3.8) is 0 Å². The van der Waals surface area contributed by atoms with Crippen molar-refractivity contribution in [3.05, 3.63) is 24.3 Å². The Morgan fingerprint density at radius 1 is 1.19 bits per heavy atom. The number of nitrogen functional groups attached to an aromatic ring is 1. The number of nitrogens with zero attached hydrogens (tertiary/aromatic N) is 1. The predicted molar refractivity (Wildman–Crippen MR) is 84.5 cm³/mol. The van der Waals surface area contributed by atoms with E-state index >= 15 is 0 Å². The fourth-order valence-electron chi connectivity index (χ4n) is 2.50. The summed E-state index contributed by atoms with van der Waals surface area (Å²) in [6.45, 7) is 2.06. The van der Waals surface area contributed by atoms with E-state index < -0.39 is 25.1 Å². The number of nitrogens with two attached hydrogens (primary N) is 1. The largest absolute Gasteiger partial charge is 0.399 e. The molecule has 0 saturated carbocycles. The van der Waals surface area contributed by atoms with Crippen LogP contribution in [0.2, 0.25) is 0 Å². The molecule has 2 N–H and O–H groups in total. The zero-order valence-corrected chi connectivity index (χ0v) is 13.5. The number of sulfone groups is 1. The molecule has 1 aliphatic rings. The van der Waals surface area contributed by atoms with Crippen molar-refractivity contribution in [2.24, 2.45) is 0 Å². The predicted octanol–water partition coefficient (Wildman–Crippen LogP) is 1.00. The van der Waals surface area contributed by atoms with E-state index in [2.05, 4.69) is 0 Å². The van der Waals surface area contributed by atoms with E-state index in [1.165, 1.54) is 4.31 Å². The highest BCUT2D eigenvalue weighted by atomic mass is 32.2. The van der Waals surface area contributed by atoms with Crippen molar-refractivity contribution in [1.82, 2.24) is 0 Å². The van der Waals surface area contributed by atoms with Crippen molar-refractivity contribution in [3.8, 4) is 0 Å². The third-order valence-corrected chi connectivity index (χ3v) is 7.81. The molecule has 118 valence electrons. The molecule has 2 rings (SSSR count). The highest BCUT2D eigenvalue weighted by Crippen LogP contribution is 2.27. The number of benzene rings is 1. The Balaban J connectivity index is 2.26. The monoisotopic (exact) mass is 332 g/mol. The van der Waals surface area contributed by atoms with Crippen LogP contribution in [0.4, 0.5) is 11.4 Å². The van der Waals surface area contributed by atoms with Gasteiger partial charge in [0, 0.05) is 12.2 Å². The van der Waals surface area contributed by atoms with E-state index in [1.807, 2.05) is 0 Å². The van der Waals surface area contributed by atoms with Gasteiger partial charge in [0.15, 0.2) is 0 Å². The van der Waals surface area contributed by atoms with Gasteiger partial charge in [-0.1, -0.05) is 0 Å². The van der Waals surface area contributed by atoms with Gasteiger partial charge in [-0.25, -0.2) is 16.8 Å². The summed E-state index contributed by atoms with van der Waals surface area (Å²) in [5.41, 5.74) is 6.74. The van der Waals surface area contributed by atoms with Crippen molar-refractivity contribution < 1.29 is 16.8 Å². The first-order valence-corrected chi connectivity index (χ1v) is 10.2. The fraction of sp³-hybridized carbons (Fsp3) is 0.538. The van der Waals surface area contributed by atoms with Crippen LogP contribution in [0.1, 0.15) is 19.8 Å². The van der Waals surface area contributed by atoms with Crippen molar-refractivity contribution in [2.45, 2.75) is 25.0 Å². The molecule has 21 heavy (non-hydrogen) atoms. The van der Waals surface area contributed by atoms with Gasteiger partial charge in [0.05, 0.1) is 22.4 Å². The van der Waals surface area contributed by atoms with E-state index in [0.29, 0.717) is 17.9 Å². The number of rotatable bonds is 4. The first-order valence-electron chi connectivity index (χ1n) is 6.84. The minimum atomic E-state index is -3.56. The zero-order valence-electron chi connectivity index (χ0n) is 11.9. The van der Waals surface area contributed by atoms with Gasteiger partial charge in [0.1, 0.15) is 9.84 Å². The van der Waals surface area contributed by atoms with Crippen molar-refractivity contribution >= 4 is 31.2 Å². The SMILES string of the molecule is CCN(c1ccc(N)cc1)S(=O)(=O)C1CCS(=O)(=O)CC1. The maximum atomic E-state index is 12.7. The Morgan fingerprint density at radius 3 is 2.19 bits per heavy atom. The second-order valence-electron chi connectivity index (χ2n) is 5.15. The summed E-state index contributed by atoms with van der Waals surface area (Å²) in [6, 6.07) is 6.63. The molecule has 8 heteroatoms. The lowest BCUT2D eigenvalue weighted by molar-refractivity contribution is 0.549. The van der Waals surface area contributed by atoms with Crippen LogP contribution in [-0.2, 0) is 19.9 Å². The van der Waals surface area contributed by atoms with Crippen LogP contribution in [0.15, 0.2) is 24.3 Å². The summed E-state index contributed by atoms with van der Waals surface area (Å²) >= 11 is 0. The summed E-state index contributed by atoms with van der Waals surface area (Å²) in [6.07, 6.45) is 0.326. The Bertz CT molecular complexity index is 682. The Kier molecular flexibility index (Phi) is 4.48. The lowest BCUT2D eigenvalue weighted by atomic mass is 10.2. The van der Waals surface area contributed by atoms with Gasteiger partial charge < -0.3 is 5.73 Å². The van der Waals surface area contributed by atoms with Gasteiger partial charge in [-0.05, 0) is 44.0 Å². The molecule has 1 aliphatic heterocycles. The highest BCUT2D eigenvalue weighted by molar-refractivity contribution is 7.94. The normalized spacial score (nSPS) is 19.3. The van der Waals surface area contributed by atoms with Crippen molar-refractivity contribution in [2.75, 3.05) is 28.1 Å². The number of hydrogen-bond donors (Lipinski definition) is 1. The molecule has 0 amide bonds. The fourth-order valence-corrected chi connectivity index (χ4v) is 6.25. The van der Waals surface area contributed by atoms with E-state index in [-0.39, 0.29) is 24.3 Å².